The van der Waals surface area contributed by atoms with Crippen molar-refractivity contribution in [1.82, 2.24) is 0 Å². The van der Waals surface area contributed by atoms with E-state index >= 15 is 0 Å². The first-order chi connectivity index (χ1) is 8.62. The number of methoxy groups -OCH3 is 1. The van der Waals surface area contributed by atoms with Crippen molar-refractivity contribution in [2.75, 3.05) is 7.11 Å². The number of rotatable bonds is 3. The van der Waals surface area contributed by atoms with E-state index in [1.807, 2.05) is 0 Å². The lowest BCUT2D eigenvalue weighted by Gasteiger charge is -2.20. The number of primary sulfonamides is 1. The molecule has 1 fully saturated rings. The summed E-state index contributed by atoms with van der Waals surface area (Å²) in [7, 11) is -2.92. The topological polar surface area (TPSA) is 69.4 Å². The smallest absolute Gasteiger partial charge is 0.398 e. The number of hydrogen-bond acceptors (Lipinski definition) is 3. The molecule has 8 heteroatoms. The molecule has 0 unspecified atom stereocenters. The highest BCUT2D eigenvalue weighted by molar-refractivity contribution is 7.89. The lowest BCUT2D eigenvalue weighted by atomic mass is 9.95. The highest BCUT2D eigenvalue weighted by atomic mass is 32.2. The van der Waals surface area contributed by atoms with Crippen molar-refractivity contribution in [3.63, 3.8) is 0 Å². The minimum Gasteiger partial charge on any atom is -0.495 e. The van der Waals surface area contributed by atoms with E-state index in [4.69, 9.17) is 9.88 Å². The van der Waals surface area contributed by atoms with Crippen molar-refractivity contribution in [3.8, 4) is 5.75 Å². The zero-order chi connectivity index (χ0) is 14.5. The predicted octanol–water partition coefficient (Wildman–Crippen LogP) is 1.94. The molecular weight excluding hydrogens is 283 g/mol. The number of alkyl halides is 3. The van der Waals surface area contributed by atoms with Crippen molar-refractivity contribution in [2.24, 2.45) is 5.14 Å². The molecule has 0 aliphatic heterocycles. The molecule has 106 valence electrons. The van der Waals surface area contributed by atoms with Crippen LogP contribution in [0, 0.1) is 0 Å². The molecule has 1 aromatic rings. The van der Waals surface area contributed by atoms with Gasteiger partial charge in [0.1, 0.15) is 10.6 Å². The summed E-state index contributed by atoms with van der Waals surface area (Å²) < 4.78 is 66.5. The molecule has 0 atom stereocenters. The van der Waals surface area contributed by atoms with E-state index in [1.165, 1.54) is 19.2 Å². The molecule has 1 aromatic carbocycles. The van der Waals surface area contributed by atoms with Gasteiger partial charge in [-0.2, -0.15) is 13.2 Å². The average molecular weight is 295 g/mol. The first-order valence-corrected chi connectivity index (χ1v) is 6.94. The third-order valence-electron chi connectivity index (χ3n) is 3.32. The lowest BCUT2D eigenvalue weighted by molar-refractivity contribution is -0.160. The Kier molecular flexibility index (Phi) is 3.06. The lowest BCUT2D eigenvalue weighted by Crippen LogP contribution is -2.29. The van der Waals surface area contributed by atoms with Crippen LogP contribution in [0.2, 0.25) is 0 Å². The van der Waals surface area contributed by atoms with E-state index in [2.05, 4.69) is 0 Å². The van der Waals surface area contributed by atoms with E-state index in [0.29, 0.717) is 0 Å². The van der Waals surface area contributed by atoms with Crippen LogP contribution in [0.4, 0.5) is 13.2 Å². The zero-order valence-corrected chi connectivity index (χ0v) is 10.8. The van der Waals surface area contributed by atoms with Gasteiger partial charge in [-0.1, -0.05) is 6.07 Å². The fourth-order valence-electron chi connectivity index (χ4n) is 2.06. The van der Waals surface area contributed by atoms with E-state index < -0.39 is 26.5 Å². The van der Waals surface area contributed by atoms with E-state index in [-0.39, 0.29) is 24.2 Å². The maximum absolute atomic E-state index is 13.0. The largest absolute Gasteiger partial charge is 0.495 e. The first-order valence-electron chi connectivity index (χ1n) is 5.40. The van der Waals surface area contributed by atoms with Crippen LogP contribution < -0.4 is 9.88 Å². The molecular formula is C11H12F3NO3S. The van der Waals surface area contributed by atoms with Crippen LogP contribution in [0.1, 0.15) is 18.4 Å². The number of nitrogens with two attached hydrogens (primary N) is 1. The molecule has 0 spiro atoms. The number of ether oxygens (including phenoxy) is 1. The number of sulfonamides is 1. The fourth-order valence-corrected chi connectivity index (χ4v) is 2.78. The van der Waals surface area contributed by atoms with Gasteiger partial charge in [-0.25, -0.2) is 13.6 Å². The molecule has 0 heterocycles. The number of hydrogen-bond donors (Lipinski definition) is 1. The Balaban J connectivity index is 2.58. The molecule has 2 N–H and O–H groups in total. The number of halogens is 3. The maximum Gasteiger partial charge on any atom is 0.398 e. The summed E-state index contributed by atoms with van der Waals surface area (Å²) in [6.45, 7) is 0. The molecule has 0 amide bonds. The molecule has 1 aliphatic rings. The Morgan fingerprint density at radius 2 is 1.89 bits per heavy atom. The minimum absolute atomic E-state index is 0.0487. The summed E-state index contributed by atoms with van der Waals surface area (Å²) in [6.07, 6.45) is -4.50. The third kappa shape index (κ3) is 2.30. The third-order valence-corrected chi connectivity index (χ3v) is 4.25. The Morgan fingerprint density at radius 1 is 1.32 bits per heavy atom. The highest BCUT2D eigenvalue weighted by Gasteiger charge is 2.64. The van der Waals surface area contributed by atoms with Crippen LogP contribution in [0.5, 0.6) is 5.75 Å². The Labute approximate surface area is 108 Å². The van der Waals surface area contributed by atoms with Gasteiger partial charge in [0.05, 0.1) is 12.5 Å². The van der Waals surface area contributed by atoms with Gasteiger partial charge in [0, 0.05) is 0 Å². The summed E-state index contributed by atoms with van der Waals surface area (Å²) in [4.78, 5) is -0.428. The van der Waals surface area contributed by atoms with Gasteiger partial charge < -0.3 is 4.74 Å². The maximum atomic E-state index is 13.0. The van der Waals surface area contributed by atoms with Gasteiger partial charge in [-0.3, -0.25) is 0 Å². The van der Waals surface area contributed by atoms with Crippen LogP contribution in [0.3, 0.4) is 0 Å². The second-order valence-electron chi connectivity index (χ2n) is 4.49. The molecule has 0 bridgehead atoms. The van der Waals surface area contributed by atoms with Gasteiger partial charge in [-0.15, -0.1) is 0 Å². The predicted molar refractivity (Wildman–Crippen MR) is 61.3 cm³/mol. The molecule has 1 aliphatic carbocycles. The highest BCUT2D eigenvalue weighted by Crippen LogP contribution is 2.59. The monoisotopic (exact) mass is 295 g/mol. The zero-order valence-electron chi connectivity index (χ0n) is 9.99. The normalized spacial score (nSPS) is 18.2. The number of benzene rings is 1. The quantitative estimate of drug-likeness (QED) is 0.926. The van der Waals surface area contributed by atoms with Crippen molar-refractivity contribution in [1.29, 1.82) is 0 Å². The van der Waals surface area contributed by atoms with Gasteiger partial charge in [-0.05, 0) is 30.5 Å². The molecule has 0 saturated heterocycles. The molecule has 2 rings (SSSR count). The second-order valence-corrected chi connectivity index (χ2v) is 6.02. The summed E-state index contributed by atoms with van der Waals surface area (Å²) in [5.74, 6) is -0.0655. The van der Waals surface area contributed by atoms with Gasteiger partial charge >= 0.3 is 6.18 Å². The van der Waals surface area contributed by atoms with Gasteiger partial charge in [0.25, 0.3) is 0 Å². The summed E-state index contributed by atoms with van der Waals surface area (Å²) in [5, 5.41) is 4.99. The van der Waals surface area contributed by atoms with Gasteiger partial charge in [0.2, 0.25) is 10.0 Å². The van der Waals surface area contributed by atoms with Crippen LogP contribution in [-0.4, -0.2) is 21.7 Å². The van der Waals surface area contributed by atoms with Crippen molar-refractivity contribution in [3.05, 3.63) is 23.8 Å². The molecule has 0 aromatic heterocycles. The van der Waals surface area contributed by atoms with Crippen molar-refractivity contribution < 1.29 is 26.3 Å². The van der Waals surface area contributed by atoms with E-state index in [1.54, 1.807) is 0 Å². The molecule has 0 radical (unpaired) electrons. The van der Waals surface area contributed by atoms with E-state index in [9.17, 15) is 21.6 Å². The van der Waals surface area contributed by atoms with Crippen LogP contribution >= 0.6 is 0 Å². The molecule has 4 nitrogen and oxygen atoms in total. The second kappa shape index (κ2) is 4.11. The van der Waals surface area contributed by atoms with E-state index in [0.717, 1.165) is 6.07 Å². The SMILES string of the molecule is COc1ccc(C2(C(F)(F)F)CC2)cc1S(N)(=O)=O. The summed E-state index contributed by atoms with van der Waals surface area (Å²) in [6, 6.07) is 3.38. The molecule has 1 saturated carbocycles. The van der Waals surface area contributed by atoms with Gasteiger partial charge in [0.15, 0.2) is 0 Å². The van der Waals surface area contributed by atoms with Crippen LogP contribution in [-0.2, 0) is 15.4 Å². The van der Waals surface area contributed by atoms with Crippen LogP contribution in [0.15, 0.2) is 23.1 Å². The molecule has 19 heavy (non-hydrogen) atoms. The Bertz CT molecular complexity index is 606. The summed E-state index contributed by atoms with van der Waals surface area (Å²) >= 11 is 0. The minimum atomic E-state index is -4.41. The Morgan fingerprint density at radius 3 is 2.26 bits per heavy atom. The average Bonchev–Trinajstić information content (AvgIpc) is 3.07. The van der Waals surface area contributed by atoms with Crippen LogP contribution in [0.25, 0.3) is 0 Å². The first kappa shape index (κ1) is 14.1. The Hall–Kier alpha value is -1.28. The fraction of sp³-hybridized carbons (Fsp3) is 0.455. The standard InChI is InChI=1S/C11H12F3NO3S/c1-18-8-3-2-7(6-9(8)19(15,16)17)10(4-5-10)11(12,13)14/h2-3,6H,4-5H2,1H3,(H2,15,16,17). The summed E-state index contributed by atoms with van der Waals surface area (Å²) in [5.41, 5.74) is -2.04. The van der Waals surface area contributed by atoms with Crippen molar-refractivity contribution in [2.45, 2.75) is 29.3 Å². The van der Waals surface area contributed by atoms with Crippen molar-refractivity contribution >= 4 is 10.0 Å².